The number of carbonyl (C=O) groups excluding carboxylic acids is 1. The second-order valence-electron chi connectivity index (χ2n) is 8.20. The van der Waals surface area contributed by atoms with Gasteiger partial charge in [-0.25, -0.2) is 0 Å². The number of nitrogens with zero attached hydrogens (tertiary/aromatic N) is 2. The average molecular weight is 443 g/mol. The highest BCUT2D eigenvalue weighted by Crippen LogP contribution is 2.34. The van der Waals surface area contributed by atoms with Crippen LogP contribution in [-0.4, -0.2) is 59.7 Å². The van der Waals surface area contributed by atoms with Crippen molar-refractivity contribution in [3.05, 3.63) is 64.4 Å². The van der Waals surface area contributed by atoms with E-state index in [0.717, 1.165) is 30.6 Å². The van der Waals surface area contributed by atoms with E-state index in [0.29, 0.717) is 26.2 Å². The minimum atomic E-state index is -0.428. The molecule has 1 aliphatic rings. The lowest BCUT2D eigenvalue weighted by molar-refractivity contribution is -0.136. The fraction of sp³-hybridized carbons (Fsp3) is 0.480. The molecule has 6 heteroatoms. The topological polar surface area (TPSA) is 53.0 Å². The van der Waals surface area contributed by atoms with Crippen molar-refractivity contribution >= 4 is 17.2 Å². The Hall–Kier alpha value is -2.15. The molecular formula is C25H34N2O3S. The molecule has 0 spiro atoms. The van der Waals surface area contributed by atoms with E-state index in [2.05, 4.69) is 24.9 Å². The third kappa shape index (κ3) is 6.42. The molecule has 0 unspecified atom stereocenters. The van der Waals surface area contributed by atoms with Gasteiger partial charge in [0.05, 0.1) is 18.7 Å². The molecular weight excluding hydrogens is 408 g/mol. The summed E-state index contributed by atoms with van der Waals surface area (Å²) in [6.45, 7) is 10.4. The molecule has 2 atom stereocenters. The molecule has 0 fully saturated rings. The molecule has 1 aromatic heterocycles. The maximum atomic E-state index is 13.3. The number of hydrogen-bond acceptors (Lipinski definition) is 5. The standard InChI is InChI=1S/C25H34N2O3S/c1-4-7-20(28)16-26(12-5-2)17-25(29)27-13-10-24-22(11-14-31-24)23(27)18-30-21-9-6-8-19(3)15-21/h5-6,8-9,11,14-15,20,23,28H,2,4,7,10,12-13,16-18H2,1,3H3/t20-,23-/m1/s1. The van der Waals surface area contributed by atoms with Crippen molar-refractivity contribution in [2.75, 3.05) is 32.8 Å². The number of aryl methyl sites for hydroxylation is 1. The Morgan fingerprint density at radius 3 is 3.03 bits per heavy atom. The molecule has 0 bridgehead atoms. The fourth-order valence-corrected chi connectivity index (χ4v) is 5.07. The molecule has 0 saturated heterocycles. The summed E-state index contributed by atoms with van der Waals surface area (Å²) in [5.74, 6) is 0.894. The Morgan fingerprint density at radius 2 is 2.29 bits per heavy atom. The zero-order chi connectivity index (χ0) is 22.2. The van der Waals surface area contributed by atoms with Gasteiger partial charge < -0.3 is 14.7 Å². The summed E-state index contributed by atoms with van der Waals surface area (Å²) >= 11 is 1.75. The van der Waals surface area contributed by atoms with Crippen molar-refractivity contribution in [2.24, 2.45) is 0 Å². The lowest BCUT2D eigenvalue weighted by Crippen LogP contribution is -2.47. The third-order valence-corrected chi connectivity index (χ3v) is 6.65. The van der Waals surface area contributed by atoms with E-state index >= 15 is 0 Å². The summed E-state index contributed by atoms with van der Waals surface area (Å²) in [6.07, 6.45) is 3.89. The van der Waals surface area contributed by atoms with Gasteiger partial charge in [-0.2, -0.15) is 0 Å². The second kappa shape index (κ2) is 11.5. The molecule has 0 saturated carbocycles. The van der Waals surface area contributed by atoms with Crippen LogP contribution in [0.1, 0.15) is 41.8 Å². The van der Waals surface area contributed by atoms with E-state index in [1.54, 1.807) is 17.4 Å². The first-order chi connectivity index (χ1) is 15.0. The number of ether oxygens (including phenoxy) is 1. The number of benzene rings is 1. The summed E-state index contributed by atoms with van der Waals surface area (Å²) in [5, 5.41) is 12.3. The lowest BCUT2D eigenvalue weighted by atomic mass is 10.0. The predicted molar refractivity (Wildman–Crippen MR) is 127 cm³/mol. The number of rotatable bonds is 11. The van der Waals surface area contributed by atoms with Gasteiger partial charge in [0.15, 0.2) is 0 Å². The number of amides is 1. The average Bonchev–Trinajstić information content (AvgIpc) is 3.21. The number of carbonyl (C=O) groups is 1. The number of thiophene rings is 1. The lowest BCUT2D eigenvalue weighted by Gasteiger charge is -2.37. The number of hydrogen-bond donors (Lipinski definition) is 1. The van der Waals surface area contributed by atoms with E-state index in [1.807, 2.05) is 41.0 Å². The molecule has 2 aromatic rings. The highest BCUT2D eigenvalue weighted by atomic mass is 32.1. The minimum absolute atomic E-state index is 0.0697. The Bertz CT molecular complexity index is 866. The first-order valence-corrected chi connectivity index (χ1v) is 12.0. The largest absolute Gasteiger partial charge is 0.491 e. The van der Waals surface area contributed by atoms with E-state index in [-0.39, 0.29) is 18.5 Å². The second-order valence-corrected chi connectivity index (χ2v) is 9.21. The van der Waals surface area contributed by atoms with Crippen LogP contribution in [0.25, 0.3) is 0 Å². The summed E-state index contributed by atoms with van der Waals surface area (Å²) in [4.78, 5) is 18.6. The van der Waals surface area contributed by atoms with Crippen LogP contribution in [0, 0.1) is 6.92 Å². The molecule has 3 rings (SSSR count). The van der Waals surface area contributed by atoms with Crippen molar-refractivity contribution in [1.82, 2.24) is 9.80 Å². The number of fused-ring (bicyclic) bond motifs is 1. The monoisotopic (exact) mass is 442 g/mol. The highest BCUT2D eigenvalue weighted by molar-refractivity contribution is 7.10. The molecule has 0 aliphatic carbocycles. The van der Waals surface area contributed by atoms with Gasteiger partial charge in [-0.1, -0.05) is 31.6 Å². The van der Waals surface area contributed by atoms with Gasteiger partial charge in [0.1, 0.15) is 12.4 Å². The third-order valence-electron chi connectivity index (χ3n) is 5.65. The highest BCUT2D eigenvalue weighted by Gasteiger charge is 2.33. The van der Waals surface area contributed by atoms with Crippen molar-refractivity contribution in [1.29, 1.82) is 0 Å². The van der Waals surface area contributed by atoms with Crippen LogP contribution >= 0.6 is 11.3 Å². The zero-order valence-corrected chi connectivity index (χ0v) is 19.4. The molecule has 0 radical (unpaired) electrons. The molecule has 1 N–H and O–H groups in total. The van der Waals surface area contributed by atoms with Crippen LogP contribution in [0.5, 0.6) is 5.75 Å². The predicted octanol–water partition coefficient (Wildman–Crippen LogP) is 4.21. The van der Waals surface area contributed by atoms with Crippen LogP contribution in [0.3, 0.4) is 0 Å². The summed E-state index contributed by atoms with van der Waals surface area (Å²) in [7, 11) is 0. The first kappa shape index (κ1) is 23.5. The number of aliphatic hydroxyl groups excluding tert-OH is 1. The van der Waals surface area contributed by atoms with Gasteiger partial charge in [0, 0.05) is 24.5 Å². The summed E-state index contributed by atoms with van der Waals surface area (Å²) < 4.78 is 6.12. The van der Waals surface area contributed by atoms with E-state index < -0.39 is 6.10 Å². The van der Waals surface area contributed by atoms with Gasteiger partial charge in [-0.05, 0) is 54.5 Å². The Morgan fingerprint density at radius 1 is 1.45 bits per heavy atom. The Kier molecular flexibility index (Phi) is 8.69. The van der Waals surface area contributed by atoms with E-state index in [1.165, 1.54) is 10.4 Å². The first-order valence-electron chi connectivity index (χ1n) is 11.1. The molecule has 1 aliphatic heterocycles. The van der Waals surface area contributed by atoms with Crippen molar-refractivity contribution in [2.45, 2.75) is 45.3 Å². The van der Waals surface area contributed by atoms with E-state index in [9.17, 15) is 9.90 Å². The normalized spacial score (nSPS) is 16.8. The molecule has 2 heterocycles. The van der Waals surface area contributed by atoms with Gasteiger partial charge in [0.25, 0.3) is 0 Å². The molecule has 31 heavy (non-hydrogen) atoms. The maximum Gasteiger partial charge on any atom is 0.237 e. The van der Waals surface area contributed by atoms with Crippen LogP contribution in [-0.2, 0) is 11.2 Å². The Balaban J connectivity index is 1.72. The molecule has 1 aromatic carbocycles. The van der Waals surface area contributed by atoms with Crippen LogP contribution in [0.2, 0.25) is 0 Å². The smallest absolute Gasteiger partial charge is 0.237 e. The SMILES string of the molecule is C=CCN(CC(=O)N1CCc2sccc2[C@H]1COc1cccc(C)c1)C[C@H](O)CCC. The fourth-order valence-electron chi connectivity index (χ4n) is 4.15. The van der Waals surface area contributed by atoms with Crippen molar-refractivity contribution in [3.63, 3.8) is 0 Å². The van der Waals surface area contributed by atoms with E-state index in [4.69, 9.17) is 4.74 Å². The quantitative estimate of drug-likeness (QED) is 0.530. The van der Waals surface area contributed by atoms with Gasteiger partial charge >= 0.3 is 0 Å². The van der Waals surface area contributed by atoms with Crippen LogP contribution < -0.4 is 4.74 Å². The summed E-state index contributed by atoms with van der Waals surface area (Å²) in [5.41, 5.74) is 2.34. The van der Waals surface area contributed by atoms with Gasteiger partial charge in [-0.3, -0.25) is 9.69 Å². The number of aliphatic hydroxyl groups is 1. The summed E-state index contributed by atoms with van der Waals surface area (Å²) in [6, 6.07) is 10.0. The van der Waals surface area contributed by atoms with Crippen molar-refractivity contribution < 1.29 is 14.6 Å². The Labute approximate surface area is 189 Å². The van der Waals surface area contributed by atoms with Crippen LogP contribution in [0.4, 0.5) is 0 Å². The van der Waals surface area contributed by atoms with Gasteiger partial charge in [-0.15, -0.1) is 17.9 Å². The minimum Gasteiger partial charge on any atom is -0.491 e. The zero-order valence-electron chi connectivity index (χ0n) is 18.6. The van der Waals surface area contributed by atoms with Crippen LogP contribution in [0.15, 0.2) is 48.4 Å². The molecule has 5 nitrogen and oxygen atoms in total. The molecule has 168 valence electrons. The maximum absolute atomic E-state index is 13.3. The molecule has 1 amide bonds. The van der Waals surface area contributed by atoms with Crippen molar-refractivity contribution in [3.8, 4) is 5.75 Å². The van der Waals surface area contributed by atoms with Gasteiger partial charge in [0.2, 0.25) is 5.91 Å².